The van der Waals surface area contributed by atoms with Gasteiger partial charge in [0.2, 0.25) is 10.0 Å². The Balaban J connectivity index is 0.00000289. The summed E-state index contributed by atoms with van der Waals surface area (Å²) in [4.78, 5) is 16.4. The largest absolute Gasteiger partial charge is 0.477 e. The Labute approximate surface area is 209 Å². The minimum Gasteiger partial charge on any atom is -0.477 e. The Hall–Kier alpha value is -1.44. The maximum atomic E-state index is 12.8. The van der Waals surface area contributed by atoms with E-state index in [0.29, 0.717) is 28.8 Å². The van der Waals surface area contributed by atoms with Crippen LogP contribution in [0.1, 0.15) is 28.9 Å². The lowest BCUT2D eigenvalue weighted by atomic mass is 10.2. The van der Waals surface area contributed by atoms with Crippen LogP contribution in [0, 0.1) is 0 Å². The molecule has 0 atom stereocenters. The molecule has 1 aromatic carbocycles. The van der Waals surface area contributed by atoms with E-state index in [2.05, 4.69) is 10.3 Å². The number of carboxylic acid groups (broad SMARTS) is 1. The maximum Gasteiger partial charge on any atom is 0.345 e. The zero-order valence-electron chi connectivity index (χ0n) is 17.1. The van der Waals surface area contributed by atoms with Crippen molar-refractivity contribution in [3.05, 3.63) is 40.6 Å². The third-order valence-corrected chi connectivity index (χ3v) is 9.86. The molecular formula is C20H22BrN3O4S4. The predicted molar refractivity (Wildman–Crippen MR) is 137 cm³/mol. The molecule has 3 heterocycles. The number of rotatable bonds is 7. The number of carbonyl (C=O) groups is 1. The minimum absolute atomic E-state index is 0. The van der Waals surface area contributed by atoms with Crippen molar-refractivity contribution < 1.29 is 18.3 Å². The first-order valence-electron chi connectivity index (χ1n) is 9.63. The second kappa shape index (κ2) is 10.7. The second-order valence-corrected chi connectivity index (χ2v) is 11.9. The Bertz CT molecular complexity index is 1190. The SMILES string of the molecule is Br.CSc1sc(C(=O)O)cc1-c1csc(Nc2ccc(S(=O)(=O)N3CCCCC3)cc2)n1. The van der Waals surface area contributed by atoms with Gasteiger partial charge in [0.25, 0.3) is 0 Å². The molecule has 0 saturated carbocycles. The molecule has 7 nitrogen and oxygen atoms in total. The van der Waals surface area contributed by atoms with Gasteiger partial charge in [-0.1, -0.05) is 6.42 Å². The van der Waals surface area contributed by atoms with E-state index in [1.807, 2.05) is 11.6 Å². The van der Waals surface area contributed by atoms with Crippen molar-refractivity contribution in [2.75, 3.05) is 24.7 Å². The van der Waals surface area contributed by atoms with Crippen molar-refractivity contribution >= 4 is 78.2 Å². The molecule has 2 N–H and O–H groups in total. The van der Waals surface area contributed by atoms with Gasteiger partial charge in [-0.15, -0.1) is 51.4 Å². The van der Waals surface area contributed by atoms with Crippen molar-refractivity contribution in [3.8, 4) is 11.3 Å². The number of aromatic carboxylic acids is 1. The summed E-state index contributed by atoms with van der Waals surface area (Å²) in [5, 5.41) is 15.0. The van der Waals surface area contributed by atoms with E-state index in [1.165, 1.54) is 34.4 Å². The Morgan fingerprint density at radius 3 is 2.50 bits per heavy atom. The minimum atomic E-state index is -3.45. The summed E-state index contributed by atoms with van der Waals surface area (Å²) < 4.78 is 28.0. The van der Waals surface area contributed by atoms with Crippen LogP contribution in [0.5, 0.6) is 0 Å². The Morgan fingerprint density at radius 1 is 1.19 bits per heavy atom. The topological polar surface area (TPSA) is 99.6 Å². The highest BCUT2D eigenvalue weighted by molar-refractivity contribution is 8.93. The fraction of sp³-hybridized carbons (Fsp3) is 0.300. The molecule has 0 bridgehead atoms. The number of piperidine rings is 1. The molecule has 4 rings (SSSR count). The van der Waals surface area contributed by atoms with Crippen LogP contribution in [0.25, 0.3) is 11.3 Å². The normalized spacial score (nSPS) is 14.7. The summed E-state index contributed by atoms with van der Waals surface area (Å²) in [7, 11) is -3.45. The van der Waals surface area contributed by atoms with E-state index in [0.717, 1.165) is 34.7 Å². The van der Waals surface area contributed by atoms with E-state index in [1.54, 1.807) is 34.6 Å². The van der Waals surface area contributed by atoms with Gasteiger partial charge >= 0.3 is 5.97 Å². The van der Waals surface area contributed by atoms with Crippen LogP contribution in [-0.2, 0) is 10.0 Å². The molecule has 0 radical (unpaired) electrons. The predicted octanol–water partition coefficient (Wildman–Crippen LogP) is 5.79. The molecule has 1 aliphatic rings. The number of benzene rings is 1. The first-order chi connectivity index (χ1) is 14.9. The summed E-state index contributed by atoms with van der Waals surface area (Å²) in [6, 6.07) is 8.35. The summed E-state index contributed by atoms with van der Waals surface area (Å²) in [6.45, 7) is 1.16. The van der Waals surface area contributed by atoms with E-state index in [9.17, 15) is 18.3 Å². The van der Waals surface area contributed by atoms with Gasteiger partial charge in [-0.3, -0.25) is 0 Å². The van der Waals surface area contributed by atoms with Gasteiger partial charge in [0.05, 0.1) is 14.8 Å². The number of halogens is 1. The van der Waals surface area contributed by atoms with Crippen LogP contribution in [-0.4, -0.2) is 48.1 Å². The van der Waals surface area contributed by atoms with Crippen molar-refractivity contribution in [1.82, 2.24) is 9.29 Å². The molecule has 1 aliphatic heterocycles. The second-order valence-electron chi connectivity index (χ2n) is 6.97. The first-order valence-corrected chi connectivity index (χ1v) is 14.0. The van der Waals surface area contributed by atoms with Crippen molar-refractivity contribution in [2.24, 2.45) is 0 Å². The van der Waals surface area contributed by atoms with Crippen LogP contribution in [0.2, 0.25) is 0 Å². The molecule has 3 aromatic rings. The number of sulfonamides is 1. The van der Waals surface area contributed by atoms with E-state index < -0.39 is 16.0 Å². The average molecular weight is 577 g/mol. The number of nitrogens with one attached hydrogen (secondary N) is 1. The first kappa shape index (κ1) is 25.2. The molecule has 12 heteroatoms. The maximum absolute atomic E-state index is 12.8. The van der Waals surface area contributed by atoms with Gasteiger partial charge in [-0.25, -0.2) is 18.2 Å². The number of carboxylic acids is 1. The highest BCUT2D eigenvalue weighted by Crippen LogP contribution is 2.39. The number of hydrogen-bond acceptors (Lipinski definition) is 8. The van der Waals surface area contributed by atoms with Gasteiger partial charge in [-0.2, -0.15) is 4.31 Å². The van der Waals surface area contributed by atoms with E-state index in [-0.39, 0.29) is 21.9 Å². The summed E-state index contributed by atoms with van der Waals surface area (Å²) in [6.07, 6.45) is 4.79. The molecule has 0 unspecified atom stereocenters. The standard InChI is InChI=1S/C20H21N3O4S4.BrH/c1-28-19-15(11-17(30-19)18(24)25)16-12-29-20(22-16)21-13-5-7-14(8-6-13)31(26,27)23-9-3-2-4-10-23;/h5-8,11-12H,2-4,9-10H2,1H3,(H,21,22)(H,24,25);1H. The van der Waals surface area contributed by atoms with Gasteiger partial charge in [0, 0.05) is 29.7 Å². The third kappa shape index (κ3) is 5.37. The molecule has 2 aromatic heterocycles. The molecule has 32 heavy (non-hydrogen) atoms. The average Bonchev–Trinajstić information content (AvgIpc) is 3.41. The van der Waals surface area contributed by atoms with Crippen LogP contribution >= 0.6 is 51.4 Å². The van der Waals surface area contributed by atoms with Crippen LogP contribution in [0.3, 0.4) is 0 Å². The van der Waals surface area contributed by atoms with E-state index in [4.69, 9.17) is 0 Å². The number of hydrogen-bond donors (Lipinski definition) is 2. The molecule has 0 amide bonds. The van der Waals surface area contributed by atoms with Crippen LogP contribution < -0.4 is 5.32 Å². The molecular weight excluding hydrogens is 554 g/mol. The summed E-state index contributed by atoms with van der Waals surface area (Å²) in [5.74, 6) is -0.945. The van der Waals surface area contributed by atoms with Crippen LogP contribution in [0.4, 0.5) is 10.8 Å². The smallest absolute Gasteiger partial charge is 0.345 e. The number of thiophene rings is 1. The lowest BCUT2D eigenvalue weighted by molar-refractivity contribution is 0.0702. The lowest BCUT2D eigenvalue weighted by Gasteiger charge is -2.25. The van der Waals surface area contributed by atoms with Gasteiger partial charge in [-0.05, 0) is 49.4 Å². The number of aromatic nitrogens is 1. The van der Waals surface area contributed by atoms with Crippen molar-refractivity contribution in [1.29, 1.82) is 0 Å². The van der Waals surface area contributed by atoms with Crippen LogP contribution in [0.15, 0.2) is 44.8 Å². The zero-order valence-corrected chi connectivity index (χ0v) is 22.1. The number of thioether (sulfide) groups is 1. The lowest BCUT2D eigenvalue weighted by Crippen LogP contribution is -2.35. The number of nitrogens with zero attached hydrogens (tertiary/aromatic N) is 2. The highest BCUT2D eigenvalue weighted by Gasteiger charge is 2.25. The number of anilines is 2. The molecule has 1 fully saturated rings. The zero-order chi connectivity index (χ0) is 22.0. The fourth-order valence-electron chi connectivity index (χ4n) is 3.35. The fourth-order valence-corrected chi connectivity index (χ4v) is 7.32. The van der Waals surface area contributed by atoms with Gasteiger partial charge in [0.1, 0.15) is 4.88 Å². The van der Waals surface area contributed by atoms with Crippen molar-refractivity contribution in [3.63, 3.8) is 0 Å². The quantitative estimate of drug-likeness (QED) is 0.344. The van der Waals surface area contributed by atoms with Gasteiger partial charge in [0.15, 0.2) is 5.13 Å². The van der Waals surface area contributed by atoms with E-state index >= 15 is 0 Å². The molecule has 1 saturated heterocycles. The molecule has 0 aliphatic carbocycles. The number of thiazole rings is 1. The summed E-state index contributed by atoms with van der Waals surface area (Å²) in [5.41, 5.74) is 2.26. The third-order valence-electron chi connectivity index (χ3n) is 4.93. The monoisotopic (exact) mass is 575 g/mol. The highest BCUT2D eigenvalue weighted by atomic mass is 79.9. The van der Waals surface area contributed by atoms with Crippen molar-refractivity contribution in [2.45, 2.75) is 28.4 Å². The molecule has 172 valence electrons. The summed E-state index contributed by atoms with van der Waals surface area (Å²) >= 11 is 4.14. The van der Waals surface area contributed by atoms with Gasteiger partial charge < -0.3 is 10.4 Å². The Morgan fingerprint density at radius 2 is 1.88 bits per heavy atom. The molecule has 0 spiro atoms. The Kier molecular flexibility index (Phi) is 8.39.